The first-order valence-corrected chi connectivity index (χ1v) is 23.0. The number of halogens is 2. The summed E-state index contributed by atoms with van der Waals surface area (Å²) >= 11 is -0.542. The molecule has 2 aliphatic carbocycles. The van der Waals surface area contributed by atoms with Gasteiger partial charge in [-0.3, -0.25) is 0 Å². The van der Waals surface area contributed by atoms with Gasteiger partial charge in [0.1, 0.15) is 0 Å². The molecule has 0 nitrogen and oxygen atoms in total. The van der Waals surface area contributed by atoms with Crippen molar-refractivity contribution >= 4 is 22.8 Å². The number of allylic oxidation sites excluding steroid dienone is 1. The first-order chi connectivity index (χ1) is 19.2. The van der Waals surface area contributed by atoms with Gasteiger partial charge in [-0.15, -0.1) is 0 Å². The fourth-order valence-electron chi connectivity index (χ4n) is 7.08. The van der Waals surface area contributed by atoms with E-state index in [1.165, 1.54) is 50.6 Å². The topological polar surface area (TPSA) is 0 Å². The van der Waals surface area contributed by atoms with E-state index < -0.39 is 28.3 Å². The molecule has 0 spiro atoms. The minimum absolute atomic E-state index is 0. The minimum atomic E-state index is -0.610. The molecule has 0 bridgehead atoms. The molecule has 0 aromatic heterocycles. The summed E-state index contributed by atoms with van der Waals surface area (Å²) in [6, 6.07) is 39.2. The molecule has 0 saturated heterocycles. The van der Waals surface area contributed by atoms with Crippen molar-refractivity contribution in [3.05, 3.63) is 137 Å². The van der Waals surface area contributed by atoms with E-state index in [0.29, 0.717) is 9.54 Å². The largest absolute Gasteiger partial charge is 1.00 e. The zero-order chi connectivity index (χ0) is 26.5. The molecule has 2 aliphatic rings. The third-order valence-corrected chi connectivity index (χ3v) is 18.4. The summed E-state index contributed by atoms with van der Waals surface area (Å²) in [5, 5.41) is 2.65. The Morgan fingerprint density at radius 3 is 2.05 bits per heavy atom. The summed E-state index contributed by atoms with van der Waals surface area (Å²) in [5.41, 5.74) is 15.1. The molecular formula is C37H34Cl2SiZr. The number of rotatable bonds is 6. The minimum Gasteiger partial charge on any atom is -1.00 e. The molecule has 0 amide bonds. The van der Waals surface area contributed by atoms with Crippen LogP contribution in [0.4, 0.5) is 0 Å². The maximum absolute atomic E-state index is 2.58. The molecule has 0 N–H and O–H groups in total. The van der Waals surface area contributed by atoms with Crippen LogP contribution in [0, 0.1) is 0 Å². The Morgan fingerprint density at radius 1 is 0.634 bits per heavy atom. The van der Waals surface area contributed by atoms with Crippen LogP contribution >= 0.6 is 0 Å². The Balaban J connectivity index is 0.00000169. The second-order valence-corrected chi connectivity index (χ2v) is 26.4. The fraction of sp³-hybridized carbons (Fsp3) is 0.189. The van der Waals surface area contributed by atoms with Crippen molar-refractivity contribution in [2.45, 2.75) is 42.4 Å². The summed E-state index contributed by atoms with van der Waals surface area (Å²) in [6.45, 7) is 7.50. The van der Waals surface area contributed by atoms with Crippen LogP contribution in [0.2, 0.25) is 13.1 Å². The Morgan fingerprint density at radius 2 is 1.24 bits per heavy atom. The number of fused-ring (bicyclic) bond motifs is 5. The maximum atomic E-state index is 2.58. The molecule has 0 heterocycles. The number of hydrogen-bond donors (Lipinski definition) is 0. The van der Waals surface area contributed by atoms with Crippen molar-refractivity contribution in [1.82, 2.24) is 0 Å². The molecule has 5 aromatic rings. The van der Waals surface area contributed by atoms with E-state index in [-0.39, 0.29) is 24.8 Å². The summed E-state index contributed by atoms with van der Waals surface area (Å²) in [7, 11) is 0. The average Bonchev–Trinajstić information content (AvgIpc) is 3.48. The number of hydrogen-bond acceptors (Lipinski definition) is 0. The summed E-state index contributed by atoms with van der Waals surface area (Å²) < 4.78 is 0.691. The van der Waals surface area contributed by atoms with Gasteiger partial charge in [-0.2, -0.15) is 0 Å². The summed E-state index contributed by atoms with van der Waals surface area (Å²) in [5.74, 6) is -0.254. The van der Waals surface area contributed by atoms with Crippen molar-refractivity contribution in [2.24, 2.45) is 0 Å². The van der Waals surface area contributed by atoms with Gasteiger partial charge < -0.3 is 24.8 Å². The van der Waals surface area contributed by atoms with Crippen LogP contribution in [-0.2, 0) is 22.4 Å². The predicted octanol–water partition coefficient (Wildman–Crippen LogP) is 3.98. The van der Waals surface area contributed by atoms with Crippen molar-refractivity contribution in [3.8, 4) is 22.3 Å². The van der Waals surface area contributed by atoms with Crippen LogP contribution in [0.25, 0.3) is 39.1 Å². The van der Waals surface area contributed by atoms with Crippen LogP contribution in [0.3, 0.4) is 0 Å². The fourth-order valence-corrected chi connectivity index (χ4v) is 17.0. The molecule has 204 valence electrons. The Hall–Kier alpha value is -2.22. The zero-order valence-corrected chi connectivity index (χ0v) is 28.9. The molecule has 0 saturated carbocycles. The van der Waals surface area contributed by atoms with E-state index in [1.807, 2.05) is 0 Å². The molecular weight excluding hydrogens is 635 g/mol. The van der Waals surface area contributed by atoms with Crippen molar-refractivity contribution in [1.29, 1.82) is 0 Å². The van der Waals surface area contributed by atoms with Crippen molar-refractivity contribution < 1.29 is 47.2 Å². The molecule has 2 atom stereocenters. The van der Waals surface area contributed by atoms with Gasteiger partial charge in [0, 0.05) is 0 Å². The molecule has 5 aromatic carbocycles. The standard InChI is InChI=1S/C35H27.C2H7Si.2ClH.Zr/c1-2-10-25-22-34-30(28-16-7-13-23-11-3-5-14-26(23)28)18-9-20-32(34)35(25)31-19-8-17-29-27-15-6-4-12-24(27)21-33(29)31;1-3-2;;;/h3-9,11-22,35H,2,10H2,1H3;3H,1-2H3;2*1H;/q;;;;+2/p-2. The number of benzene rings is 5. The monoisotopic (exact) mass is 666 g/mol. The SMILES string of the molecule is CCCC1=Cc2c(-c3cccc4ccccc34)cccc2C1c1cccc2c1[CH]([Zr+2][SiH](C)C)c1ccccc1-2.[Cl-].[Cl-]. The maximum Gasteiger partial charge on any atom is -1.00 e. The molecule has 0 aliphatic heterocycles. The van der Waals surface area contributed by atoms with Gasteiger partial charge in [0.2, 0.25) is 0 Å². The molecule has 0 fully saturated rings. The van der Waals surface area contributed by atoms with E-state index in [2.05, 4.69) is 129 Å². The van der Waals surface area contributed by atoms with E-state index >= 15 is 0 Å². The van der Waals surface area contributed by atoms with Crippen molar-refractivity contribution in [3.63, 3.8) is 0 Å². The van der Waals surface area contributed by atoms with Crippen LogP contribution in [0.5, 0.6) is 0 Å². The van der Waals surface area contributed by atoms with Crippen LogP contribution in [0.15, 0.2) is 109 Å². The molecule has 41 heavy (non-hydrogen) atoms. The van der Waals surface area contributed by atoms with Gasteiger partial charge in [-0.1, -0.05) is 0 Å². The van der Waals surface area contributed by atoms with E-state index in [4.69, 9.17) is 0 Å². The van der Waals surface area contributed by atoms with Crippen molar-refractivity contribution in [2.75, 3.05) is 0 Å². The van der Waals surface area contributed by atoms with Gasteiger partial charge in [0.25, 0.3) is 0 Å². The average molecular weight is 669 g/mol. The van der Waals surface area contributed by atoms with Gasteiger partial charge in [0.05, 0.1) is 0 Å². The second kappa shape index (κ2) is 12.6. The molecule has 2 unspecified atom stereocenters. The normalized spacial score (nSPS) is 16.2. The van der Waals surface area contributed by atoms with E-state index in [1.54, 1.807) is 22.3 Å². The van der Waals surface area contributed by atoms with E-state index in [0.717, 1.165) is 6.42 Å². The van der Waals surface area contributed by atoms with Crippen LogP contribution in [-0.4, -0.2) is 5.92 Å². The summed E-state index contributed by atoms with van der Waals surface area (Å²) in [6.07, 6.45) is 4.89. The Labute approximate surface area is 269 Å². The van der Waals surface area contributed by atoms with E-state index in [9.17, 15) is 0 Å². The van der Waals surface area contributed by atoms with Crippen LogP contribution < -0.4 is 24.8 Å². The third-order valence-electron chi connectivity index (χ3n) is 8.57. The third kappa shape index (κ3) is 5.16. The molecule has 7 rings (SSSR count). The molecule has 4 heteroatoms. The van der Waals surface area contributed by atoms with Gasteiger partial charge in [-0.25, -0.2) is 0 Å². The van der Waals surface area contributed by atoms with Crippen LogP contribution in [0.1, 0.15) is 57.1 Å². The van der Waals surface area contributed by atoms with Gasteiger partial charge in [0.15, 0.2) is 0 Å². The first kappa shape index (κ1) is 30.2. The zero-order valence-electron chi connectivity index (χ0n) is 23.8. The van der Waals surface area contributed by atoms with Gasteiger partial charge >= 0.3 is 246 Å². The summed E-state index contributed by atoms with van der Waals surface area (Å²) in [4.78, 5) is 0. The Kier molecular flexibility index (Phi) is 9.27. The Bertz CT molecular complexity index is 1750. The molecule has 0 radical (unpaired) electrons. The first-order valence-electron chi connectivity index (χ1n) is 14.5. The quantitative estimate of drug-likeness (QED) is 0.241. The second-order valence-electron chi connectivity index (χ2n) is 11.4. The van der Waals surface area contributed by atoms with Gasteiger partial charge in [-0.05, 0) is 0 Å². The smallest absolute Gasteiger partial charge is 1.00 e. The predicted molar refractivity (Wildman–Crippen MR) is 167 cm³/mol.